The standard InChI is InChI=1S/C19H24O4/c20-13-19(14-21,15-22)18(11-16-7-3-1-4-8-16)23-12-17-9-5-2-6-10-17/h1-10,18,20-22H,11-15H2. The predicted molar refractivity (Wildman–Crippen MR) is 88.9 cm³/mol. The van der Waals surface area contributed by atoms with Gasteiger partial charge in [-0.15, -0.1) is 0 Å². The minimum atomic E-state index is -1.08. The second-order valence-corrected chi connectivity index (χ2v) is 5.81. The van der Waals surface area contributed by atoms with Crippen LogP contribution in [-0.4, -0.2) is 41.2 Å². The third-order valence-electron chi connectivity index (χ3n) is 4.19. The maximum Gasteiger partial charge on any atom is 0.0742 e. The molecule has 2 aromatic rings. The molecule has 0 aliphatic carbocycles. The van der Waals surface area contributed by atoms with Gasteiger partial charge in [-0.05, 0) is 17.5 Å². The molecule has 0 amide bonds. The first-order valence-corrected chi connectivity index (χ1v) is 7.76. The molecule has 3 N–H and O–H groups in total. The molecule has 2 aromatic carbocycles. The lowest BCUT2D eigenvalue weighted by Gasteiger charge is -2.36. The van der Waals surface area contributed by atoms with E-state index in [-0.39, 0.29) is 19.8 Å². The van der Waals surface area contributed by atoms with Crippen molar-refractivity contribution in [2.75, 3.05) is 19.8 Å². The molecular formula is C19H24O4. The van der Waals surface area contributed by atoms with Crippen molar-refractivity contribution in [3.63, 3.8) is 0 Å². The molecule has 0 fully saturated rings. The van der Waals surface area contributed by atoms with Gasteiger partial charge in [-0.3, -0.25) is 0 Å². The zero-order valence-corrected chi connectivity index (χ0v) is 13.1. The molecule has 1 unspecified atom stereocenters. The van der Waals surface area contributed by atoms with E-state index in [1.165, 1.54) is 0 Å². The van der Waals surface area contributed by atoms with E-state index in [9.17, 15) is 15.3 Å². The first-order chi connectivity index (χ1) is 11.2. The summed E-state index contributed by atoms with van der Waals surface area (Å²) in [6.07, 6.45) is 0.0140. The monoisotopic (exact) mass is 316 g/mol. The summed E-state index contributed by atoms with van der Waals surface area (Å²) in [4.78, 5) is 0. The predicted octanol–water partition coefficient (Wildman–Crippen LogP) is 1.78. The fourth-order valence-corrected chi connectivity index (χ4v) is 2.51. The summed E-state index contributed by atoms with van der Waals surface area (Å²) >= 11 is 0. The van der Waals surface area contributed by atoms with Gasteiger partial charge in [0.25, 0.3) is 0 Å². The van der Waals surface area contributed by atoms with Crippen LogP contribution in [0.1, 0.15) is 11.1 Å². The Kier molecular flexibility index (Phi) is 6.74. The molecule has 23 heavy (non-hydrogen) atoms. The zero-order valence-electron chi connectivity index (χ0n) is 13.1. The Hall–Kier alpha value is -1.72. The molecule has 0 spiro atoms. The highest BCUT2D eigenvalue weighted by atomic mass is 16.5. The molecule has 0 radical (unpaired) electrons. The van der Waals surface area contributed by atoms with Gasteiger partial charge in [0, 0.05) is 0 Å². The van der Waals surface area contributed by atoms with E-state index in [1.807, 2.05) is 60.7 Å². The highest BCUT2D eigenvalue weighted by Gasteiger charge is 2.38. The molecular weight excluding hydrogens is 292 g/mol. The van der Waals surface area contributed by atoms with E-state index in [4.69, 9.17) is 4.74 Å². The van der Waals surface area contributed by atoms with Crippen LogP contribution in [0, 0.1) is 5.41 Å². The van der Waals surface area contributed by atoms with Crippen LogP contribution in [0.25, 0.3) is 0 Å². The molecule has 4 heteroatoms. The van der Waals surface area contributed by atoms with Crippen molar-refractivity contribution in [1.29, 1.82) is 0 Å². The lowest BCUT2D eigenvalue weighted by atomic mass is 9.81. The molecule has 1 atom stereocenters. The number of rotatable bonds is 9. The molecule has 0 saturated heterocycles. The third kappa shape index (κ3) is 4.62. The second-order valence-electron chi connectivity index (χ2n) is 5.81. The number of aliphatic hydroxyl groups is 3. The van der Waals surface area contributed by atoms with Crippen molar-refractivity contribution in [3.8, 4) is 0 Å². The van der Waals surface area contributed by atoms with E-state index in [0.29, 0.717) is 13.0 Å². The van der Waals surface area contributed by atoms with Gasteiger partial charge in [0.1, 0.15) is 0 Å². The topological polar surface area (TPSA) is 69.9 Å². The van der Waals surface area contributed by atoms with Gasteiger partial charge in [0.05, 0.1) is 37.9 Å². The van der Waals surface area contributed by atoms with Crippen LogP contribution in [0.4, 0.5) is 0 Å². The minimum Gasteiger partial charge on any atom is -0.396 e. The number of aliphatic hydroxyl groups excluding tert-OH is 3. The van der Waals surface area contributed by atoms with Crippen molar-refractivity contribution in [3.05, 3.63) is 71.8 Å². The van der Waals surface area contributed by atoms with Gasteiger partial charge in [-0.1, -0.05) is 60.7 Å². The fourth-order valence-electron chi connectivity index (χ4n) is 2.51. The van der Waals surface area contributed by atoms with Crippen LogP contribution in [0.3, 0.4) is 0 Å². The quantitative estimate of drug-likeness (QED) is 0.659. The number of ether oxygens (including phenoxy) is 1. The number of hydrogen-bond acceptors (Lipinski definition) is 4. The molecule has 0 bridgehead atoms. The van der Waals surface area contributed by atoms with Gasteiger partial charge < -0.3 is 20.1 Å². The van der Waals surface area contributed by atoms with Crippen LogP contribution in [0.5, 0.6) is 0 Å². The van der Waals surface area contributed by atoms with Gasteiger partial charge >= 0.3 is 0 Å². The summed E-state index contributed by atoms with van der Waals surface area (Å²) in [6, 6.07) is 19.4. The molecule has 0 aliphatic heterocycles. The SMILES string of the molecule is OCC(CO)(CO)C(Cc1ccccc1)OCc1ccccc1. The molecule has 124 valence electrons. The minimum absolute atomic E-state index is 0.341. The van der Waals surface area contributed by atoms with E-state index in [0.717, 1.165) is 11.1 Å². The Bertz CT molecular complexity index is 544. The summed E-state index contributed by atoms with van der Waals surface area (Å²) in [7, 11) is 0. The van der Waals surface area contributed by atoms with E-state index >= 15 is 0 Å². The average Bonchev–Trinajstić information content (AvgIpc) is 2.63. The molecule has 0 saturated carbocycles. The van der Waals surface area contributed by atoms with Crippen LogP contribution < -0.4 is 0 Å². The van der Waals surface area contributed by atoms with Crippen molar-refractivity contribution in [2.24, 2.45) is 5.41 Å². The fraction of sp³-hybridized carbons (Fsp3) is 0.368. The van der Waals surface area contributed by atoms with Crippen LogP contribution in [0.2, 0.25) is 0 Å². The van der Waals surface area contributed by atoms with Gasteiger partial charge in [-0.2, -0.15) is 0 Å². The smallest absolute Gasteiger partial charge is 0.0742 e. The number of benzene rings is 2. The summed E-state index contributed by atoms with van der Waals surface area (Å²) in [5.41, 5.74) is 0.962. The first kappa shape index (κ1) is 17.6. The lowest BCUT2D eigenvalue weighted by molar-refractivity contribution is -0.118. The van der Waals surface area contributed by atoms with Crippen molar-refractivity contribution >= 4 is 0 Å². The molecule has 0 aromatic heterocycles. The Morgan fingerprint density at radius 3 is 1.70 bits per heavy atom. The zero-order chi connectivity index (χ0) is 16.5. The van der Waals surface area contributed by atoms with Crippen molar-refractivity contribution in [2.45, 2.75) is 19.1 Å². The first-order valence-electron chi connectivity index (χ1n) is 7.76. The van der Waals surface area contributed by atoms with E-state index in [2.05, 4.69) is 0 Å². The lowest BCUT2D eigenvalue weighted by Crippen LogP contribution is -2.47. The Morgan fingerprint density at radius 1 is 0.739 bits per heavy atom. The van der Waals surface area contributed by atoms with Gasteiger partial charge in [0.2, 0.25) is 0 Å². The maximum absolute atomic E-state index is 9.72. The largest absolute Gasteiger partial charge is 0.396 e. The van der Waals surface area contributed by atoms with Crippen LogP contribution in [-0.2, 0) is 17.8 Å². The molecule has 0 heterocycles. The van der Waals surface area contributed by atoms with E-state index < -0.39 is 11.5 Å². The highest BCUT2D eigenvalue weighted by Crippen LogP contribution is 2.27. The summed E-state index contributed by atoms with van der Waals surface area (Å²) in [5.74, 6) is 0. The average molecular weight is 316 g/mol. The van der Waals surface area contributed by atoms with Crippen molar-refractivity contribution in [1.82, 2.24) is 0 Å². The molecule has 0 aliphatic rings. The molecule has 4 nitrogen and oxygen atoms in total. The van der Waals surface area contributed by atoms with Gasteiger partial charge in [-0.25, -0.2) is 0 Å². The normalized spacial score (nSPS) is 13.0. The van der Waals surface area contributed by atoms with Crippen LogP contribution in [0.15, 0.2) is 60.7 Å². The third-order valence-corrected chi connectivity index (χ3v) is 4.19. The van der Waals surface area contributed by atoms with Gasteiger partial charge in [0.15, 0.2) is 0 Å². The van der Waals surface area contributed by atoms with E-state index in [1.54, 1.807) is 0 Å². The van der Waals surface area contributed by atoms with Crippen molar-refractivity contribution < 1.29 is 20.1 Å². The Balaban J connectivity index is 2.16. The Morgan fingerprint density at radius 2 is 1.22 bits per heavy atom. The maximum atomic E-state index is 9.72. The second kappa shape index (κ2) is 8.79. The Labute approximate surface area is 137 Å². The highest BCUT2D eigenvalue weighted by molar-refractivity contribution is 5.17. The summed E-state index contributed by atoms with van der Waals surface area (Å²) in [6.45, 7) is -0.662. The summed E-state index contributed by atoms with van der Waals surface area (Å²) < 4.78 is 5.99. The van der Waals surface area contributed by atoms with Crippen LogP contribution >= 0.6 is 0 Å². The number of hydrogen-bond donors (Lipinski definition) is 3. The summed E-state index contributed by atoms with van der Waals surface area (Å²) in [5, 5.41) is 29.2. The molecule has 2 rings (SSSR count).